The largest absolute Gasteiger partial charge is 0.340 e. The van der Waals surface area contributed by atoms with Gasteiger partial charge < -0.3 is 14.7 Å². The Hall–Kier alpha value is -1.88. The summed E-state index contributed by atoms with van der Waals surface area (Å²) in [5, 5.41) is 0. The predicted molar refractivity (Wildman–Crippen MR) is 93.4 cm³/mol. The maximum absolute atomic E-state index is 13.2. The van der Waals surface area contributed by atoms with Crippen LogP contribution in [-0.4, -0.2) is 66.3 Å². The van der Waals surface area contributed by atoms with Crippen LogP contribution in [0.1, 0.15) is 31.4 Å². The standard InChI is InChI=1S/C19H27N3O2/c1-3-21-11-13-22(14-12-21)19(24)16-9-10-17(23)20(2)18(16)15-7-5-4-6-8-15/h4-8,16,18H,3,9-14H2,1-2H3/t16-,18+/m1/s1. The molecule has 5 heteroatoms. The molecule has 0 N–H and O–H groups in total. The Morgan fingerprint density at radius 3 is 2.42 bits per heavy atom. The van der Waals surface area contributed by atoms with Crippen molar-refractivity contribution in [2.45, 2.75) is 25.8 Å². The lowest BCUT2D eigenvalue weighted by Gasteiger charge is -2.42. The number of rotatable bonds is 3. The smallest absolute Gasteiger partial charge is 0.228 e. The third-order valence-electron chi connectivity index (χ3n) is 5.45. The Balaban J connectivity index is 1.79. The first-order valence-electron chi connectivity index (χ1n) is 8.93. The van der Waals surface area contributed by atoms with Crippen LogP contribution in [0.3, 0.4) is 0 Å². The van der Waals surface area contributed by atoms with Gasteiger partial charge in [0.15, 0.2) is 0 Å². The van der Waals surface area contributed by atoms with Crippen molar-refractivity contribution in [1.29, 1.82) is 0 Å². The molecule has 2 aliphatic heterocycles. The summed E-state index contributed by atoms with van der Waals surface area (Å²) in [6, 6.07) is 9.82. The highest BCUT2D eigenvalue weighted by molar-refractivity contribution is 5.85. The first kappa shape index (κ1) is 17.0. The van der Waals surface area contributed by atoms with Gasteiger partial charge in [0.25, 0.3) is 0 Å². The van der Waals surface area contributed by atoms with E-state index in [0.29, 0.717) is 12.8 Å². The van der Waals surface area contributed by atoms with Gasteiger partial charge in [0.05, 0.1) is 12.0 Å². The molecule has 2 fully saturated rings. The van der Waals surface area contributed by atoms with E-state index >= 15 is 0 Å². The second-order valence-corrected chi connectivity index (χ2v) is 6.76. The quantitative estimate of drug-likeness (QED) is 0.849. The van der Waals surface area contributed by atoms with E-state index in [1.807, 2.05) is 42.3 Å². The van der Waals surface area contributed by atoms with E-state index < -0.39 is 0 Å². The Bertz CT molecular complexity index is 582. The van der Waals surface area contributed by atoms with Crippen LogP contribution in [0.5, 0.6) is 0 Å². The molecule has 2 amide bonds. The maximum Gasteiger partial charge on any atom is 0.228 e. The van der Waals surface area contributed by atoms with Crippen LogP contribution in [0.25, 0.3) is 0 Å². The third-order valence-corrected chi connectivity index (χ3v) is 5.45. The number of piperidine rings is 1. The van der Waals surface area contributed by atoms with E-state index in [1.54, 1.807) is 4.90 Å². The molecule has 2 saturated heterocycles. The molecule has 5 nitrogen and oxygen atoms in total. The molecule has 0 saturated carbocycles. The Labute approximate surface area is 144 Å². The molecule has 2 atom stereocenters. The number of amides is 2. The fourth-order valence-electron chi connectivity index (χ4n) is 3.92. The summed E-state index contributed by atoms with van der Waals surface area (Å²) >= 11 is 0. The van der Waals surface area contributed by atoms with Gasteiger partial charge in [0, 0.05) is 39.6 Å². The molecule has 1 aromatic carbocycles. The lowest BCUT2D eigenvalue weighted by atomic mass is 9.83. The van der Waals surface area contributed by atoms with Gasteiger partial charge >= 0.3 is 0 Å². The fourth-order valence-corrected chi connectivity index (χ4v) is 3.92. The molecule has 24 heavy (non-hydrogen) atoms. The van der Waals surface area contributed by atoms with Crippen LogP contribution < -0.4 is 0 Å². The minimum Gasteiger partial charge on any atom is -0.340 e. The van der Waals surface area contributed by atoms with Crippen molar-refractivity contribution in [3.63, 3.8) is 0 Å². The highest BCUT2D eigenvalue weighted by Crippen LogP contribution is 2.36. The predicted octanol–water partition coefficient (Wildman–Crippen LogP) is 1.76. The van der Waals surface area contributed by atoms with Gasteiger partial charge in [-0.15, -0.1) is 0 Å². The highest BCUT2D eigenvalue weighted by Gasteiger charge is 2.40. The van der Waals surface area contributed by atoms with Gasteiger partial charge in [-0.2, -0.15) is 0 Å². The molecule has 0 unspecified atom stereocenters. The SMILES string of the molecule is CCN1CCN(C(=O)[C@@H]2CCC(=O)N(C)[C@H]2c2ccccc2)CC1. The van der Waals surface area contributed by atoms with Crippen molar-refractivity contribution < 1.29 is 9.59 Å². The van der Waals surface area contributed by atoms with E-state index in [0.717, 1.165) is 38.3 Å². The molecule has 2 aliphatic rings. The summed E-state index contributed by atoms with van der Waals surface area (Å²) < 4.78 is 0. The minimum absolute atomic E-state index is 0.128. The lowest BCUT2D eigenvalue weighted by Crippen LogP contribution is -2.53. The molecule has 0 spiro atoms. The molecule has 0 bridgehead atoms. The molecular formula is C19H27N3O2. The molecule has 1 aromatic rings. The Kier molecular flexibility index (Phi) is 5.19. The molecule has 0 aromatic heterocycles. The lowest BCUT2D eigenvalue weighted by molar-refractivity contribution is -0.147. The van der Waals surface area contributed by atoms with E-state index in [9.17, 15) is 9.59 Å². The van der Waals surface area contributed by atoms with Crippen molar-refractivity contribution in [1.82, 2.24) is 14.7 Å². The first-order chi connectivity index (χ1) is 11.6. The summed E-state index contributed by atoms with van der Waals surface area (Å²) in [5.41, 5.74) is 1.05. The zero-order valence-electron chi connectivity index (χ0n) is 14.6. The number of piperazine rings is 1. The van der Waals surface area contributed by atoms with Crippen molar-refractivity contribution in [2.24, 2.45) is 5.92 Å². The minimum atomic E-state index is -0.149. The fraction of sp³-hybridized carbons (Fsp3) is 0.579. The summed E-state index contributed by atoms with van der Waals surface area (Å²) in [6.07, 6.45) is 1.11. The van der Waals surface area contributed by atoms with Crippen LogP contribution in [0.2, 0.25) is 0 Å². The number of likely N-dealkylation sites (N-methyl/N-ethyl adjacent to an activating group) is 1. The Morgan fingerprint density at radius 2 is 1.79 bits per heavy atom. The number of likely N-dealkylation sites (tertiary alicyclic amines) is 1. The summed E-state index contributed by atoms with van der Waals surface area (Å²) in [7, 11) is 1.83. The van der Waals surface area contributed by atoms with Gasteiger partial charge in [-0.25, -0.2) is 0 Å². The van der Waals surface area contributed by atoms with Gasteiger partial charge in [0.2, 0.25) is 11.8 Å². The average Bonchev–Trinajstić information content (AvgIpc) is 2.64. The zero-order chi connectivity index (χ0) is 17.1. The summed E-state index contributed by atoms with van der Waals surface area (Å²) in [4.78, 5) is 31.5. The van der Waals surface area contributed by atoms with Gasteiger partial charge in [-0.3, -0.25) is 9.59 Å². The topological polar surface area (TPSA) is 43.9 Å². The van der Waals surface area contributed by atoms with E-state index in [4.69, 9.17) is 0 Å². The molecule has 3 rings (SSSR count). The number of hydrogen-bond donors (Lipinski definition) is 0. The molecule has 130 valence electrons. The van der Waals surface area contributed by atoms with Crippen LogP contribution in [-0.2, 0) is 9.59 Å². The number of benzene rings is 1. The Morgan fingerprint density at radius 1 is 1.12 bits per heavy atom. The van der Waals surface area contributed by atoms with Crippen LogP contribution in [0, 0.1) is 5.92 Å². The van der Waals surface area contributed by atoms with E-state index in [1.165, 1.54) is 0 Å². The maximum atomic E-state index is 13.2. The molecule has 2 heterocycles. The second kappa shape index (κ2) is 7.34. The van der Waals surface area contributed by atoms with E-state index in [2.05, 4.69) is 11.8 Å². The van der Waals surface area contributed by atoms with Crippen LogP contribution in [0.15, 0.2) is 30.3 Å². The summed E-state index contributed by atoms with van der Waals surface area (Å²) in [5.74, 6) is 0.200. The van der Waals surface area contributed by atoms with Crippen molar-refractivity contribution in [2.75, 3.05) is 39.8 Å². The summed E-state index contributed by atoms with van der Waals surface area (Å²) in [6.45, 7) is 6.67. The monoisotopic (exact) mass is 329 g/mol. The second-order valence-electron chi connectivity index (χ2n) is 6.76. The van der Waals surface area contributed by atoms with Gasteiger partial charge in [-0.1, -0.05) is 37.3 Å². The molecular weight excluding hydrogens is 302 g/mol. The highest BCUT2D eigenvalue weighted by atomic mass is 16.2. The number of carbonyl (C=O) groups is 2. The number of nitrogens with zero attached hydrogens (tertiary/aromatic N) is 3. The normalized spacial score (nSPS) is 25.8. The first-order valence-corrected chi connectivity index (χ1v) is 8.93. The number of hydrogen-bond acceptors (Lipinski definition) is 3. The van der Waals surface area contributed by atoms with Crippen molar-refractivity contribution >= 4 is 11.8 Å². The van der Waals surface area contributed by atoms with Gasteiger partial charge in [0.1, 0.15) is 0 Å². The third kappa shape index (κ3) is 3.31. The molecule has 0 aliphatic carbocycles. The van der Waals surface area contributed by atoms with E-state index in [-0.39, 0.29) is 23.8 Å². The van der Waals surface area contributed by atoms with Crippen molar-refractivity contribution in [3.05, 3.63) is 35.9 Å². The number of carbonyl (C=O) groups excluding carboxylic acids is 2. The van der Waals surface area contributed by atoms with Crippen LogP contribution in [0.4, 0.5) is 0 Å². The average molecular weight is 329 g/mol. The zero-order valence-corrected chi connectivity index (χ0v) is 14.6. The van der Waals surface area contributed by atoms with Gasteiger partial charge in [-0.05, 0) is 18.5 Å². The van der Waals surface area contributed by atoms with Crippen LogP contribution >= 0.6 is 0 Å². The van der Waals surface area contributed by atoms with Crippen molar-refractivity contribution in [3.8, 4) is 0 Å². The molecule has 0 radical (unpaired) electrons.